The van der Waals surface area contributed by atoms with Crippen LogP contribution in [0.2, 0.25) is 0 Å². The number of nitrogens with two attached hydrogens (primary N) is 1. The molecular formula is C10H12FNO. The van der Waals surface area contributed by atoms with Gasteiger partial charge in [0, 0.05) is 0 Å². The number of halogens is 1. The Hall–Kier alpha value is -0.930. The first-order valence-corrected chi connectivity index (χ1v) is 4.35. The summed E-state index contributed by atoms with van der Waals surface area (Å²) in [6.07, 6.45) is 0.0235. The van der Waals surface area contributed by atoms with Crippen molar-refractivity contribution in [3.05, 3.63) is 35.1 Å². The van der Waals surface area contributed by atoms with Gasteiger partial charge in [-0.1, -0.05) is 6.07 Å². The minimum absolute atomic E-state index is 0.0235. The highest BCUT2D eigenvalue weighted by molar-refractivity contribution is 5.33. The van der Waals surface area contributed by atoms with E-state index >= 15 is 0 Å². The molecule has 1 aromatic carbocycles. The Kier molecular flexibility index (Phi) is 2.06. The van der Waals surface area contributed by atoms with Crippen molar-refractivity contribution in [3.8, 4) is 0 Å². The van der Waals surface area contributed by atoms with Gasteiger partial charge in [0.1, 0.15) is 5.82 Å². The van der Waals surface area contributed by atoms with Crippen molar-refractivity contribution >= 4 is 0 Å². The molecule has 0 amide bonds. The van der Waals surface area contributed by atoms with Gasteiger partial charge in [-0.05, 0) is 30.2 Å². The molecule has 2 atom stereocenters. The zero-order valence-electron chi connectivity index (χ0n) is 7.46. The molecule has 0 aliphatic carbocycles. The van der Waals surface area contributed by atoms with E-state index in [2.05, 4.69) is 0 Å². The average Bonchev–Trinajstić information content (AvgIpc) is 2.12. The molecule has 0 bridgehead atoms. The smallest absolute Gasteiger partial charge is 0.123 e. The third-order valence-electron chi connectivity index (χ3n) is 2.41. The van der Waals surface area contributed by atoms with E-state index in [0.717, 1.165) is 11.1 Å². The zero-order valence-corrected chi connectivity index (χ0v) is 7.46. The summed E-state index contributed by atoms with van der Waals surface area (Å²) in [5.74, 6) is -0.233. The summed E-state index contributed by atoms with van der Waals surface area (Å²) in [5.41, 5.74) is 7.66. The second-order valence-corrected chi connectivity index (χ2v) is 3.36. The molecule has 2 unspecified atom stereocenters. The lowest BCUT2D eigenvalue weighted by Crippen LogP contribution is -2.25. The zero-order chi connectivity index (χ0) is 9.42. The second-order valence-electron chi connectivity index (χ2n) is 3.36. The predicted molar refractivity (Wildman–Crippen MR) is 47.7 cm³/mol. The largest absolute Gasteiger partial charge is 0.372 e. The van der Waals surface area contributed by atoms with Crippen molar-refractivity contribution < 1.29 is 9.13 Å². The minimum Gasteiger partial charge on any atom is -0.372 e. The molecule has 2 N–H and O–H groups in total. The van der Waals surface area contributed by atoms with Crippen LogP contribution in [0, 0.1) is 5.82 Å². The van der Waals surface area contributed by atoms with Crippen LogP contribution in [-0.2, 0) is 4.74 Å². The first-order chi connectivity index (χ1) is 6.18. The van der Waals surface area contributed by atoms with Crippen LogP contribution in [0.15, 0.2) is 18.2 Å². The molecule has 1 heterocycles. The molecule has 0 saturated heterocycles. The van der Waals surface area contributed by atoms with E-state index in [-0.39, 0.29) is 18.0 Å². The van der Waals surface area contributed by atoms with E-state index in [1.54, 1.807) is 6.07 Å². The number of hydrogen-bond donors (Lipinski definition) is 1. The summed E-state index contributed by atoms with van der Waals surface area (Å²) < 4.78 is 18.3. The van der Waals surface area contributed by atoms with E-state index in [1.165, 1.54) is 12.1 Å². The van der Waals surface area contributed by atoms with Gasteiger partial charge in [-0.3, -0.25) is 0 Å². The molecule has 0 spiro atoms. The monoisotopic (exact) mass is 181 g/mol. The molecular weight excluding hydrogens is 169 g/mol. The van der Waals surface area contributed by atoms with Gasteiger partial charge in [-0.15, -0.1) is 0 Å². The third-order valence-corrected chi connectivity index (χ3v) is 2.41. The van der Waals surface area contributed by atoms with Crippen molar-refractivity contribution in [3.63, 3.8) is 0 Å². The number of benzene rings is 1. The Balaban J connectivity index is 2.50. The van der Waals surface area contributed by atoms with Crippen LogP contribution in [0.3, 0.4) is 0 Å². The SMILES string of the molecule is CC1OCC(N)c2cc(F)ccc21. The topological polar surface area (TPSA) is 35.2 Å². The fraction of sp³-hybridized carbons (Fsp3) is 0.400. The molecule has 1 aliphatic heterocycles. The molecule has 2 rings (SSSR count). The molecule has 2 nitrogen and oxygen atoms in total. The summed E-state index contributed by atoms with van der Waals surface area (Å²) in [6, 6.07) is 4.49. The standard InChI is InChI=1S/C10H12FNO/c1-6-8-3-2-7(11)4-9(8)10(12)5-13-6/h2-4,6,10H,5,12H2,1H3. The first-order valence-electron chi connectivity index (χ1n) is 4.35. The maximum absolute atomic E-state index is 12.9. The Bertz CT molecular complexity index is 327. The average molecular weight is 181 g/mol. The molecule has 0 fully saturated rings. The fourth-order valence-corrected chi connectivity index (χ4v) is 1.66. The van der Waals surface area contributed by atoms with Gasteiger partial charge in [0.2, 0.25) is 0 Å². The van der Waals surface area contributed by atoms with Crippen molar-refractivity contribution in [1.82, 2.24) is 0 Å². The fourth-order valence-electron chi connectivity index (χ4n) is 1.66. The van der Waals surface area contributed by atoms with Crippen LogP contribution in [0.1, 0.15) is 30.2 Å². The van der Waals surface area contributed by atoms with E-state index in [9.17, 15) is 4.39 Å². The molecule has 70 valence electrons. The Morgan fingerprint density at radius 3 is 3.00 bits per heavy atom. The Morgan fingerprint density at radius 1 is 1.46 bits per heavy atom. The number of fused-ring (bicyclic) bond motifs is 1. The first kappa shape index (κ1) is 8.66. The molecule has 1 aliphatic rings. The summed E-state index contributed by atoms with van der Waals surface area (Å²) >= 11 is 0. The van der Waals surface area contributed by atoms with Crippen LogP contribution >= 0.6 is 0 Å². The van der Waals surface area contributed by atoms with Crippen LogP contribution in [-0.4, -0.2) is 6.61 Å². The third kappa shape index (κ3) is 1.45. The summed E-state index contributed by atoms with van der Waals surface area (Å²) in [5, 5.41) is 0. The summed E-state index contributed by atoms with van der Waals surface area (Å²) in [7, 11) is 0. The number of hydrogen-bond acceptors (Lipinski definition) is 2. The van der Waals surface area contributed by atoms with Gasteiger partial charge < -0.3 is 10.5 Å². The van der Waals surface area contributed by atoms with Gasteiger partial charge in [0.05, 0.1) is 18.8 Å². The minimum atomic E-state index is -0.233. The van der Waals surface area contributed by atoms with Gasteiger partial charge in [0.25, 0.3) is 0 Å². The van der Waals surface area contributed by atoms with Gasteiger partial charge in [0.15, 0.2) is 0 Å². The van der Waals surface area contributed by atoms with Crippen molar-refractivity contribution in [1.29, 1.82) is 0 Å². The highest BCUT2D eigenvalue weighted by Gasteiger charge is 2.22. The number of ether oxygens (including phenoxy) is 1. The Morgan fingerprint density at radius 2 is 2.23 bits per heavy atom. The highest BCUT2D eigenvalue weighted by Crippen LogP contribution is 2.31. The molecule has 0 saturated carbocycles. The quantitative estimate of drug-likeness (QED) is 0.663. The molecule has 0 aromatic heterocycles. The van der Waals surface area contributed by atoms with Crippen molar-refractivity contribution in [2.24, 2.45) is 5.73 Å². The van der Waals surface area contributed by atoms with Crippen molar-refractivity contribution in [2.45, 2.75) is 19.1 Å². The van der Waals surface area contributed by atoms with Crippen LogP contribution < -0.4 is 5.73 Å². The van der Waals surface area contributed by atoms with Crippen LogP contribution in [0.5, 0.6) is 0 Å². The lowest BCUT2D eigenvalue weighted by atomic mass is 9.95. The maximum Gasteiger partial charge on any atom is 0.123 e. The normalized spacial score (nSPS) is 27.0. The molecule has 13 heavy (non-hydrogen) atoms. The maximum atomic E-state index is 12.9. The molecule has 1 aromatic rings. The molecule has 0 radical (unpaired) electrons. The van der Waals surface area contributed by atoms with E-state index in [0.29, 0.717) is 6.61 Å². The lowest BCUT2D eigenvalue weighted by Gasteiger charge is -2.27. The van der Waals surface area contributed by atoms with E-state index < -0.39 is 0 Å². The summed E-state index contributed by atoms with van der Waals surface area (Å²) in [6.45, 7) is 2.42. The van der Waals surface area contributed by atoms with Gasteiger partial charge in [-0.25, -0.2) is 4.39 Å². The van der Waals surface area contributed by atoms with Crippen LogP contribution in [0.4, 0.5) is 4.39 Å². The summed E-state index contributed by atoms with van der Waals surface area (Å²) in [4.78, 5) is 0. The van der Waals surface area contributed by atoms with E-state index in [4.69, 9.17) is 10.5 Å². The number of rotatable bonds is 0. The van der Waals surface area contributed by atoms with Crippen LogP contribution in [0.25, 0.3) is 0 Å². The highest BCUT2D eigenvalue weighted by atomic mass is 19.1. The lowest BCUT2D eigenvalue weighted by molar-refractivity contribution is 0.0406. The van der Waals surface area contributed by atoms with Gasteiger partial charge >= 0.3 is 0 Å². The Labute approximate surface area is 76.5 Å². The predicted octanol–water partition coefficient (Wildman–Crippen LogP) is 1.92. The van der Waals surface area contributed by atoms with Gasteiger partial charge in [-0.2, -0.15) is 0 Å². The second kappa shape index (κ2) is 3.09. The van der Waals surface area contributed by atoms with Crippen molar-refractivity contribution in [2.75, 3.05) is 6.61 Å². The van der Waals surface area contributed by atoms with E-state index in [1.807, 2.05) is 6.92 Å². The molecule has 3 heteroatoms.